The summed E-state index contributed by atoms with van der Waals surface area (Å²) in [5.41, 5.74) is -0.220. The van der Waals surface area contributed by atoms with Crippen LogP contribution >= 0.6 is 0 Å². The van der Waals surface area contributed by atoms with Crippen molar-refractivity contribution >= 4 is 23.3 Å². The number of carbonyl (C=O) groups excluding carboxylic acids is 3. The van der Waals surface area contributed by atoms with Gasteiger partial charge in [0.05, 0.1) is 19.2 Å². The van der Waals surface area contributed by atoms with Crippen LogP contribution in [0.2, 0.25) is 0 Å². The molecular formula is C38H56N4O5. The van der Waals surface area contributed by atoms with Crippen LogP contribution in [0, 0.1) is 34.0 Å². The fraction of sp³-hybridized carbons (Fsp3) is 0.711. The van der Waals surface area contributed by atoms with E-state index in [1.54, 1.807) is 0 Å². The zero-order valence-corrected chi connectivity index (χ0v) is 29.0. The third-order valence-electron chi connectivity index (χ3n) is 13.5. The van der Waals surface area contributed by atoms with Gasteiger partial charge in [-0.25, -0.2) is 0 Å². The topological polar surface area (TPSA) is 93.6 Å². The van der Waals surface area contributed by atoms with Gasteiger partial charge in [-0.15, -0.1) is 6.58 Å². The van der Waals surface area contributed by atoms with Crippen molar-refractivity contribution in [2.75, 3.05) is 70.3 Å². The van der Waals surface area contributed by atoms with Crippen LogP contribution in [0.1, 0.15) is 59.8 Å². The fourth-order valence-electron chi connectivity index (χ4n) is 10.1. The van der Waals surface area contributed by atoms with E-state index in [1.165, 1.54) is 5.69 Å². The fourth-order valence-corrected chi connectivity index (χ4v) is 10.1. The Hall–Kier alpha value is -2.75. The van der Waals surface area contributed by atoms with E-state index in [-0.39, 0.29) is 47.4 Å². The molecule has 0 unspecified atom stereocenters. The number of carbonyl (C=O) groups is 3. The Morgan fingerprint density at radius 2 is 1.60 bits per heavy atom. The van der Waals surface area contributed by atoms with E-state index in [0.717, 1.165) is 45.4 Å². The summed E-state index contributed by atoms with van der Waals surface area (Å²) in [5, 5.41) is 11.8. The average Bonchev–Trinajstić information content (AvgIpc) is 3.44. The number of aliphatic hydroxyl groups excluding tert-OH is 1. The molecule has 0 radical (unpaired) electrons. The molecule has 2 saturated heterocycles. The van der Waals surface area contributed by atoms with Crippen LogP contribution in [0.15, 0.2) is 43.0 Å². The van der Waals surface area contributed by atoms with Gasteiger partial charge in [-0.3, -0.25) is 24.2 Å². The van der Waals surface area contributed by atoms with Crippen molar-refractivity contribution in [2.45, 2.75) is 72.0 Å². The molecule has 5 fully saturated rings. The maximum Gasteiger partial charge on any atom is 0.320 e. The number of ketones is 1. The van der Waals surface area contributed by atoms with Crippen molar-refractivity contribution < 1.29 is 24.2 Å². The van der Waals surface area contributed by atoms with Crippen molar-refractivity contribution in [2.24, 2.45) is 34.0 Å². The molecule has 9 heteroatoms. The minimum atomic E-state index is -0.675. The molecular weight excluding hydrogens is 592 g/mol. The number of Topliss-reactive ketones (excluding diaryl/α,β-unsaturated/α-hetero) is 1. The molecule has 1 N–H and O–H groups in total. The first-order valence-corrected chi connectivity index (χ1v) is 18.0. The lowest BCUT2D eigenvalue weighted by Gasteiger charge is -2.61. The number of aliphatic hydroxyl groups is 1. The Labute approximate surface area is 281 Å². The molecule has 9 nitrogen and oxygen atoms in total. The van der Waals surface area contributed by atoms with Gasteiger partial charge in [-0.05, 0) is 55.1 Å². The van der Waals surface area contributed by atoms with E-state index in [0.29, 0.717) is 45.6 Å². The van der Waals surface area contributed by atoms with Gasteiger partial charge in [0.1, 0.15) is 11.9 Å². The van der Waals surface area contributed by atoms with Gasteiger partial charge in [-0.1, -0.05) is 52.0 Å². The Balaban J connectivity index is 1.05. The Bertz CT molecular complexity index is 1320. The van der Waals surface area contributed by atoms with E-state index in [4.69, 9.17) is 4.74 Å². The largest absolute Gasteiger partial charge is 0.461 e. The highest BCUT2D eigenvalue weighted by Crippen LogP contribution is 2.68. The Morgan fingerprint density at radius 3 is 2.26 bits per heavy atom. The first-order chi connectivity index (χ1) is 22.4. The van der Waals surface area contributed by atoms with Crippen LogP contribution in [0.5, 0.6) is 0 Å². The minimum Gasteiger partial charge on any atom is -0.461 e. The zero-order chi connectivity index (χ0) is 33.6. The van der Waals surface area contributed by atoms with Crippen LogP contribution in [0.3, 0.4) is 0 Å². The number of esters is 1. The molecule has 8 atom stereocenters. The van der Waals surface area contributed by atoms with E-state index >= 15 is 0 Å². The third-order valence-corrected chi connectivity index (χ3v) is 13.5. The highest BCUT2D eigenvalue weighted by atomic mass is 16.5. The molecule has 1 aromatic carbocycles. The van der Waals surface area contributed by atoms with Gasteiger partial charge in [0.25, 0.3) is 0 Å². The van der Waals surface area contributed by atoms with Crippen molar-refractivity contribution in [3.05, 3.63) is 43.0 Å². The summed E-state index contributed by atoms with van der Waals surface area (Å²) in [6.07, 6.45) is 4.29. The van der Waals surface area contributed by atoms with Crippen LogP contribution < -0.4 is 4.90 Å². The molecule has 47 heavy (non-hydrogen) atoms. The van der Waals surface area contributed by atoms with Crippen molar-refractivity contribution in [3.63, 3.8) is 0 Å². The standard InChI is InChI=1S/C38H56N4O5/c1-6-36(4)24-31(37(5)27(2)12-14-38(28(3)35(36)46)15-13-30(43)34(37)38)47-33(45)26-40-18-22-42(23-19-40)32(44)25-39-16-20-41(21-17-39)29-10-8-7-9-11-29/h6-11,27-28,31,34-35,46H,1,12-26H2,2-5H3/t27-,28+,31-,34+,35+,36-,37+,38+/m1/s1. The monoisotopic (exact) mass is 648 g/mol. The van der Waals surface area contributed by atoms with E-state index < -0.39 is 23.0 Å². The van der Waals surface area contributed by atoms with Gasteiger partial charge < -0.3 is 19.6 Å². The van der Waals surface area contributed by atoms with Gasteiger partial charge in [0, 0.05) is 81.2 Å². The molecule has 2 heterocycles. The number of nitrogens with zero attached hydrogens (tertiary/aromatic N) is 4. The highest BCUT2D eigenvalue weighted by Gasteiger charge is 2.68. The van der Waals surface area contributed by atoms with Gasteiger partial charge in [-0.2, -0.15) is 0 Å². The lowest BCUT2D eigenvalue weighted by Crippen LogP contribution is -2.63. The maximum absolute atomic E-state index is 13.7. The van der Waals surface area contributed by atoms with Gasteiger partial charge in [0.15, 0.2) is 0 Å². The molecule has 0 spiro atoms. The summed E-state index contributed by atoms with van der Waals surface area (Å²) in [6.45, 7) is 19.2. The molecule has 1 aromatic rings. The molecule has 0 aromatic heterocycles. The predicted octanol–water partition coefficient (Wildman–Crippen LogP) is 3.86. The maximum atomic E-state index is 13.7. The molecule has 2 aliphatic heterocycles. The van der Waals surface area contributed by atoms with Crippen molar-refractivity contribution in [1.29, 1.82) is 0 Å². The normalized spacial score (nSPS) is 38.3. The number of hydrogen-bond donors (Lipinski definition) is 1. The summed E-state index contributed by atoms with van der Waals surface area (Å²) in [6, 6.07) is 10.4. The summed E-state index contributed by atoms with van der Waals surface area (Å²) in [5.74, 6) is 0.0359. The summed E-state index contributed by atoms with van der Waals surface area (Å²) in [4.78, 5) is 49.2. The summed E-state index contributed by atoms with van der Waals surface area (Å²) < 4.78 is 6.46. The lowest BCUT2D eigenvalue weighted by molar-refractivity contribution is -0.207. The quantitative estimate of drug-likeness (QED) is 0.352. The van der Waals surface area contributed by atoms with Crippen LogP contribution in [0.25, 0.3) is 0 Å². The third kappa shape index (κ3) is 6.17. The highest BCUT2D eigenvalue weighted by molar-refractivity contribution is 5.86. The molecule has 1 amide bonds. The molecule has 258 valence electrons. The summed E-state index contributed by atoms with van der Waals surface area (Å²) in [7, 11) is 0. The number of rotatable bonds is 7. The zero-order valence-electron chi connectivity index (χ0n) is 29.0. The predicted molar refractivity (Wildman–Crippen MR) is 183 cm³/mol. The number of hydrogen-bond acceptors (Lipinski definition) is 8. The number of ether oxygens (including phenoxy) is 1. The first-order valence-electron chi connectivity index (χ1n) is 18.0. The van der Waals surface area contributed by atoms with E-state index in [9.17, 15) is 19.5 Å². The average molecular weight is 649 g/mol. The Kier molecular flexibility index (Phi) is 9.64. The molecule has 3 aliphatic carbocycles. The smallest absolute Gasteiger partial charge is 0.320 e. The van der Waals surface area contributed by atoms with Crippen LogP contribution in [-0.2, 0) is 19.1 Å². The molecule has 2 bridgehead atoms. The van der Waals surface area contributed by atoms with Crippen LogP contribution in [-0.4, -0.2) is 115 Å². The van der Waals surface area contributed by atoms with E-state index in [2.05, 4.69) is 66.3 Å². The van der Waals surface area contributed by atoms with E-state index in [1.807, 2.05) is 24.0 Å². The number of piperazine rings is 2. The molecule has 3 saturated carbocycles. The van der Waals surface area contributed by atoms with Gasteiger partial charge in [0.2, 0.25) is 5.91 Å². The number of benzene rings is 1. The second-order valence-corrected chi connectivity index (χ2v) is 15.8. The number of para-hydroxylation sites is 1. The minimum absolute atomic E-state index is 0.0525. The number of amides is 1. The number of anilines is 1. The SMILES string of the molecule is C=C[C@]1(C)C[C@@H](OC(=O)CN2CCN(C(=O)CN3CCN(c4ccccc4)CC3)CC2)[C@]2(C)[C@H](C)CC[C@]3(CCC(=O)[C@H]32)[C@@H](C)[C@@H]1O. The van der Waals surface area contributed by atoms with Crippen molar-refractivity contribution in [3.8, 4) is 0 Å². The lowest BCUT2D eigenvalue weighted by atomic mass is 9.44. The first kappa shape index (κ1) is 34.1. The summed E-state index contributed by atoms with van der Waals surface area (Å²) >= 11 is 0. The van der Waals surface area contributed by atoms with Gasteiger partial charge >= 0.3 is 5.97 Å². The van der Waals surface area contributed by atoms with Crippen LogP contribution in [0.4, 0.5) is 5.69 Å². The molecule has 5 aliphatic rings. The second-order valence-electron chi connectivity index (χ2n) is 15.8. The Morgan fingerprint density at radius 1 is 0.957 bits per heavy atom. The van der Waals surface area contributed by atoms with Crippen molar-refractivity contribution in [1.82, 2.24) is 14.7 Å². The second kappa shape index (κ2) is 13.3. The molecule has 6 rings (SSSR count).